The Bertz CT molecular complexity index is 1430. The van der Waals surface area contributed by atoms with Crippen molar-refractivity contribution in [2.45, 2.75) is 322 Å². The van der Waals surface area contributed by atoms with E-state index in [2.05, 4.69) is 106 Å². The largest absolute Gasteiger partial charge is 0.462 e. The summed E-state index contributed by atoms with van der Waals surface area (Å²) in [7, 11) is 0. The summed E-state index contributed by atoms with van der Waals surface area (Å²) in [6.07, 6.45) is 83.1. The van der Waals surface area contributed by atoms with Crippen LogP contribution in [0.1, 0.15) is 316 Å². The summed E-state index contributed by atoms with van der Waals surface area (Å²) in [6.45, 7) is 6.51. The first-order chi connectivity index (χ1) is 37.0. The number of rotatable bonds is 58. The molecule has 0 aliphatic carbocycles. The maximum Gasteiger partial charge on any atom is 0.306 e. The van der Waals surface area contributed by atoms with Gasteiger partial charge in [-0.25, -0.2) is 0 Å². The molecule has 432 valence electrons. The van der Waals surface area contributed by atoms with Gasteiger partial charge in [-0.1, -0.05) is 292 Å². The third-order valence-corrected chi connectivity index (χ3v) is 13.9. The number of allylic oxidation sites excluding steroid dienone is 14. The Hall–Kier alpha value is -3.41. The fourth-order valence-corrected chi connectivity index (χ4v) is 9.10. The van der Waals surface area contributed by atoms with E-state index in [4.69, 9.17) is 14.2 Å². The van der Waals surface area contributed by atoms with Gasteiger partial charge in [-0.05, 0) is 89.9 Å². The van der Waals surface area contributed by atoms with Crippen molar-refractivity contribution >= 4 is 17.9 Å². The number of carbonyl (C=O) groups excluding carboxylic acids is 3. The molecule has 0 aromatic rings. The average Bonchev–Trinajstić information content (AvgIpc) is 3.41. The zero-order valence-electron chi connectivity index (χ0n) is 49.6. The van der Waals surface area contributed by atoms with E-state index >= 15 is 0 Å². The molecule has 0 amide bonds. The molecule has 0 saturated heterocycles. The minimum atomic E-state index is -0.807. The van der Waals surface area contributed by atoms with Crippen LogP contribution >= 0.6 is 0 Å². The van der Waals surface area contributed by atoms with Gasteiger partial charge in [-0.2, -0.15) is 0 Å². The Kier molecular flexibility index (Phi) is 60.3. The molecule has 0 saturated carbocycles. The van der Waals surface area contributed by atoms with Crippen LogP contribution in [-0.2, 0) is 28.6 Å². The summed E-state index contributed by atoms with van der Waals surface area (Å²) in [5, 5.41) is 0. The van der Waals surface area contributed by atoms with Gasteiger partial charge in [-0.3, -0.25) is 14.4 Å². The molecule has 0 bridgehead atoms. The molecule has 6 nitrogen and oxygen atoms in total. The third-order valence-electron chi connectivity index (χ3n) is 13.9. The summed E-state index contributed by atoms with van der Waals surface area (Å²) in [6, 6.07) is 0. The summed E-state index contributed by atoms with van der Waals surface area (Å²) in [4.78, 5) is 38.3. The van der Waals surface area contributed by atoms with Crippen LogP contribution in [0.3, 0.4) is 0 Å². The Morgan fingerprint density at radius 3 is 0.853 bits per heavy atom. The fraction of sp³-hybridized carbons (Fsp3) is 0.754. The summed E-state index contributed by atoms with van der Waals surface area (Å²) < 4.78 is 16.9. The van der Waals surface area contributed by atoms with Crippen molar-refractivity contribution in [2.75, 3.05) is 13.2 Å². The van der Waals surface area contributed by atoms with Gasteiger partial charge in [0.05, 0.1) is 0 Å². The van der Waals surface area contributed by atoms with Gasteiger partial charge in [0.2, 0.25) is 0 Å². The maximum absolute atomic E-state index is 12.9. The third kappa shape index (κ3) is 61.3. The normalized spacial score (nSPS) is 12.6. The molecule has 0 aromatic carbocycles. The number of hydrogen-bond acceptors (Lipinski definition) is 6. The molecule has 0 spiro atoms. The SMILES string of the molecule is CC/C=C\C/C=C\C/C=C\C/C=C\C/C=C\CCCC(=O)OC(COC(=O)CCCCCCCCCCCCC/C=C\C/C=C\CCCCCCC)COC(=O)CCCCCCCCCCCCCCCCCCC. The first-order valence-electron chi connectivity index (χ1n) is 32.1. The molecule has 0 heterocycles. The fourth-order valence-electron chi connectivity index (χ4n) is 9.10. The van der Waals surface area contributed by atoms with E-state index in [1.54, 1.807) is 0 Å². The lowest BCUT2D eigenvalue weighted by Gasteiger charge is -2.18. The number of unbranched alkanes of at least 4 members (excludes halogenated alkanes) is 33. The van der Waals surface area contributed by atoms with E-state index in [-0.39, 0.29) is 37.5 Å². The van der Waals surface area contributed by atoms with E-state index in [1.807, 2.05) is 0 Å². The second-order valence-electron chi connectivity index (χ2n) is 21.3. The Labute approximate surface area is 465 Å². The minimum absolute atomic E-state index is 0.0969. The smallest absolute Gasteiger partial charge is 0.306 e. The highest BCUT2D eigenvalue weighted by molar-refractivity contribution is 5.71. The highest BCUT2D eigenvalue weighted by Gasteiger charge is 2.19. The van der Waals surface area contributed by atoms with Gasteiger partial charge in [0.1, 0.15) is 13.2 Å². The van der Waals surface area contributed by atoms with Crippen LogP contribution in [0.25, 0.3) is 0 Å². The van der Waals surface area contributed by atoms with Crippen molar-refractivity contribution in [1.29, 1.82) is 0 Å². The number of carbonyl (C=O) groups is 3. The molecule has 0 aliphatic heterocycles. The topological polar surface area (TPSA) is 78.9 Å². The number of esters is 3. The second kappa shape index (κ2) is 63.1. The number of hydrogen-bond donors (Lipinski definition) is 0. The Morgan fingerprint density at radius 1 is 0.280 bits per heavy atom. The molecule has 0 radical (unpaired) electrons. The van der Waals surface area contributed by atoms with Crippen molar-refractivity contribution < 1.29 is 28.6 Å². The van der Waals surface area contributed by atoms with Crippen LogP contribution in [0.2, 0.25) is 0 Å². The molecule has 1 atom stereocenters. The van der Waals surface area contributed by atoms with Gasteiger partial charge < -0.3 is 14.2 Å². The van der Waals surface area contributed by atoms with Crippen molar-refractivity contribution in [3.8, 4) is 0 Å². The molecule has 0 rings (SSSR count). The minimum Gasteiger partial charge on any atom is -0.462 e. The summed E-state index contributed by atoms with van der Waals surface area (Å²) >= 11 is 0. The van der Waals surface area contributed by atoms with Gasteiger partial charge in [0, 0.05) is 19.3 Å². The first kappa shape index (κ1) is 71.6. The van der Waals surface area contributed by atoms with Gasteiger partial charge >= 0.3 is 17.9 Å². The van der Waals surface area contributed by atoms with Crippen molar-refractivity contribution in [1.82, 2.24) is 0 Å². The monoisotopic (exact) mass is 1040 g/mol. The predicted molar refractivity (Wildman–Crippen MR) is 325 cm³/mol. The molecule has 6 heteroatoms. The van der Waals surface area contributed by atoms with E-state index in [9.17, 15) is 14.4 Å². The van der Waals surface area contributed by atoms with Crippen LogP contribution in [0.15, 0.2) is 85.1 Å². The first-order valence-corrected chi connectivity index (χ1v) is 32.1. The van der Waals surface area contributed by atoms with Crippen LogP contribution < -0.4 is 0 Å². The standard InChI is InChI=1S/C69H120O6/c1-4-7-10-13-16-19-22-25-28-31-32-33-34-35-36-39-41-44-47-50-53-56-59-62-68(71)74-65-66(75-69(72)63-60-57-54-51-48-45-42-38-30-27-24-21-18-15-12-9-6-3)64-73-67(70)61-58-55-52-49-46-43-40-37-29-26-23-20-17-14-11-8-5-2/h9,12,18,21-22,25,27,30-32,42,45,51,54,66H,4-8,10-11,13-17,19-20,23-24,26,28-29,33-41,43-44,46-50,52-53,55-65H2,1-3H3/b12-9-,21-18-,25-22-,30-27-,32-31-,45-42-,54-51-. The van der Waals surface area contributed by atoms with Crippen molar-refractivity contribution in [3.63, 3.8) is 0 Å². The van der Waals surface area contributed by atoms with Crippen molar-refractivity contribution in [2.24, 2.45) is 0 Å². The summed E-state index contributed by atoms with van der Waals surface area (Å²) in [5.74, 6) is -0.944. The zero-order chi connectivity index (χ0) is 54.3. The Balaban J connectivity index is 4.40. The van der Waals surface area contributed by atoms with Gasteiger partial charge in [-0.15, -0.1) is 0 Å². The number of ether oxygens (including phenoxy) is 3. The van der Waals surface area contributed by atoms with Crippen LogP contribution in [0.5, 0.6) is 0 Å². The maximum atomic E-state index is 12.9. The van der Waals surface area contributed by atoms with Gasteiger partial charge in [0.25, 0.3) is 0 Å². The Morgan fingerprint density at radius 2 is 0.533 bits per heavy atom. The molecule has 0 aliphatic rings. The molecule has 1 unspecified atom stereocenters. The molecular weight excluding hydrogens is 925 g/mol. The predicted octanol–water partition coefficient (Wildman–Crippen LogP) is 21.9. The average molecular weight is 1050 g/mol. The lowest BCUT2D eigenvalue weighted by atomic mass is 10.0. The van der Waals surface area contributed by atoms with Crippen LogP contribution in [-0.4, -0.2) is 37.2 Å². The second-order valence-corrected chi connectivity index (χ2v) is 21.3. The quantitative estimate of drug-likeness (QED) is 0.0261. The molecule has 0 aromatic heterocycles. The molecular formula is C69H120O6. The highest BCUT2D eigenvalue weighted by atomic mass is 16.6. The van der Waals surface area contributed by atoms with Crippen LogP contribution in [0.4, 0.5) is 0 Å². The lowest BCUT2D eigenvalue weighted by Crippen LogP contribution is -2.30. The van der Waals surface area contributed by atoms with E-state index < -0.39 is 6.10 Å². The van der Waals surface area contributed by atoms with E-state index in [0.717, 1.165) is 83.5 Å². The zero-order valence-corrected chi connectivity index (χ0v) is 49.6. The summed E-state index contributed by atoms with van der Waals surface area (Å²) in [5.41, 5.74) is 0. The molecule has 0 N–H and O–H groups in total. The highest BCUT2D eigenvalue weighted by Crippen LogP contribution is 2.17. The molecule has 75 heavy (non-hydrogen) atoms. The van der Waals surface area contributed by atoms with Crippen LogP contribution in [0, 0.1) is 0 Å². The van der Waals surface area contributed by atoms with Gasteiger partial charge in [0.15, 0.2) is 6.10 Å². The van der Waals surface area contributed by atoms with E-state index in [0.29, 0.717) is 19.3 Å². The van der Waals surface area contributed by atoms with E-state index in [1.165, 1.54) is 186 Å². The molecule has 0 fully saturated rings. The lowest BCUT2D eigenvalue weighted by molar-refractivity contribution is -0.167. The van der Waals surface area contributed by atoms with Crippen molar-refractivity contribution in [3.05, 3.63) is 85.1 Å².